The molecule has 0 spiro atoms. The molecule has 7 heteroatoms. The number of rotatable bonds is 8. The van der Waals surface area contributed by atoms with Crippen LogP contribution in [0.1, 0.15) is 54.0 Å². The Labute approximate surface area is 171 Å². The van der Waals surface area contributed by atoms with Gasteiger partial charge in [-0.2, -0.15) is 10.2 Å². The Morgan fingerprint density at radius 2 is 1.86 bits per heavy atom. The molecule has 3 rings (SSSR count). The van der Waals surface area contributed by atoms with Crippen molar-refractivity contribution < 1.29 is 9.53 Å². The average molecular weight is 396 g/mol. The van der Waals surface area contributed by atoms with Gasteiger partial charge < -0.3 is 9.64 Å². The number of nitrogens with zero attached hydrogens (tertiary/aromatic N) is 5. The van der Waals surface area contributed by atoms with Crippen LogP contribution >= 0.6 is 0 Å². The van der Waals surface area contributed by atoms with E-state index in [1.54, 1.807) is 28.9 Å². The van der Waals surface area contributed by atoms with Gasteiger partial charge in [0, 0.05) is 38.1 Å². The number of carbonyl (C=O) groups is 1. The van der Waals surface area contributed by atoms with Crippen LogP contribution in [-0.4, -0.2) is 37.4 Å². The first-order chi connectivity index (χ1) is 13.9. The van der Waals surface area contributed by atoms with E-state index in [9.17, 15) is 4.79 Å². The second-order valence-electron chi connectivity index (χ2n) is 7.49. The van der Waals surface area contributed by atoms with Crippen LogP contribution < -0.4 is 4.74 Å². The average Bonchev–Trinajstić information content (AvgIpc) is 3.32. The van der Waals surface area contributed by atoms with Crippen molar-refractivity contribution in [2.45, 2.75) is 53.4 Å². The molecule has 0 aliphatic rings. The van der Waals surface area contributed by atoms with Crippen LogP contribution in [0.25, 0.3) is 0 Å². The van der Waals surface area contributed by atoms with Gasteiger partial charge in [-0.3, -0.25) is 9.48 Å². The zero-order valence-corrected chi connectivity index (χ0v) is 17.8. The third kappa shape index (κ3) is 5.04. The summed E-state index contributed by atoms with van der Waals surface area (Å²) in [7, 11) is 1.77. The third-order valence-electron chi connectivity index (χ3n) is 4.90. The lowest BCUT2D eigenvalue weighted by molar-refractivity contribution is 0.0777. The van der Waals surface area contributed by atoms with E-state index in [1.165, 1.54) is 5.56 Å². The molecule has 3 aromatic rings. The molecule has 0 bridgehead atoms. The Bertz CT molecular complexity index is 956. The first kappa shape index (κ1) is 20.6. The maximum atomic E-state index is 12.7. The number of aryl methyl sites for hydroxylation is 2. The first-order valence-electron chi connectivity index (χ1n) is 9.92. The molecule has 0 atom stereocenters. The highest BCUT2D eigenvalue weighted by atomic mass is 16.5. The lowest BCUT2D eigenvalue weighted by Crippen LogP contribution is -2.27. The van der Waals surface area contributed by atoms with E-state index < -0.39 is 0 Å². The molecule has 0 unspecified atom stereocenters. The molecule has 29 heavy (non-hydrogen) atoms. The minimum absolute atomic E-state index is 0.131. The molecule has 0 fully saturated rings. The van der Waals surface area contributed by atoms with Crippen molar-refractivity contribution in [3.05, 3.63) is 65.2 Å². The fraction of sp³-hybridized carbons (Fsp3) is 0.409. The predicted molar refractivity (Wildman–Crippen MR) is 112 cm³/mol. The number of hydrogen-bond donors (Lipinski definition) is 0. The molecule has 0 N–H and O–H groups in total. The summed E-state index contributed by atoms with van der Waals surface area (Å²) in [6.07, 6.45) is 3.74. The second-order valence-corrected chi connectivity index (χ2v) is 7.49. The van der Waals surface area contributed by atoms with E-state index in [1.807, 2.05) is 36.9 Å². The van der Waals surface area contributed by atoms with Gasteiger partial charge in [-0.1, -0.05) is 26.0 Å². The van der Waals surface area contributed by atoms with Crippen molar-refractivity contribution in [1.82, 2.24) is 24.5 Å². The SMILES string of the molecule is CCn1cc(CN(C)C(=O)c2ccn(COc3ccc(C(C)C)cc3)n2)c(C)n1. The Morgan fingerprint density at radius 1 is 1.14 bits per heavy atom. The van der Waals surface area contributed by atoms with Gasteiger partial charge in [0.15, 0.2) is 12.4 Å². The summed E-state index contributed by atoms with van der Waals surface area (Å²) < 4.78 is 9.27. The van der Waals surface area contributed by atoms with Gasteiger partial charge in [0.05, 0.1) is 5.69 Å². The number of ether oxygens (including phenoxy) is 1. The Kier molecular flexibility index (Phi) is 6.36. The maximum absolute atomic E-state index is 12.7. The number of hydrogen-bond acceptors (Lipinski definition) is 4. The predicted octanol–water partition coefficient (Wildman–Crippen LogP) is 3.84. The maximum Gasteiger partial charge on any atom is 0.274 e. The highest BCUT2D eigenvalue weighted by Gasteiger charge is 2.17. The normalized spacial score (nSPS) is 11.1. The lowest BCUT2D eigenvalue weighted by atomic mass is 10.0. The van der Waals surface area contributed by atoms with Crippen LogP contribution in [0.3, 0.4) is 0 Å². The fourth-order valence-corrected chi connectivity index (χ4v) is 3.04. The van der Waals surface area contributed by atoms with E-state index >= 15 is 0 Å². The zero-order chi connectivity index (χ0) is 21.0. The second kappa shape index (κ2) is 8.94. The summed E-state index contributed by atoms with van der Waals surface area (Å²) in [5, 5.41) is 8.79. The number of benzene rings is 1. The monoisotopic (exact) mass is 395 g/mol. The van der Waals surface area contributed by atoms with Gasteiger partial charge in [-0.25, -0.2) is 4.68 Å². The van der Waals surface area contributed by atoms with Crippen LogP contribution in [0.15, 0.2) is 42.7 Å². The van der Waals surface area contributed by atoms with Crippen molar-refractivity contribution in [3.8, 4) is 5.75 Å². The summed E-state index contributed by atoms with van der Waals surface area (Å²) in [5.41, 5.74) is 3.64. The Morgan fingerprint density at radius 3 is 2.48 bits per heavy atom. The Balaban J connectivity index is 1.58. The fourth-order valence-electron chi connectivity index (χ4n) is 3.04. The zero-order valence-electron chi connectivity index (χ0n) is 17.8. The number of carbonyl (C=O) groups excluding carboxylic acids is 1. The van der Waals surface area contributed by atoms with Crippen LogP contribution in [-0.2, 0) is 19.8 Å². The number of aromatic nitrogens is 4. The van der Waals surface area contributed by atoms with Gasteiger partial charge >= 0.3 is 0 Å². The Hall–Kier alpha value is -3.09. The summed E-state index contributed by atoms with van der Waals surface area (Å²) in [4.78, 5) is 14.4. The van der Waals surface area contributed by atoms with Crippen LogP contribution in [0.4, 0.5) is 0 Å². The van der Waals surface area contributed by atoms with E-state index in [0.29, 0.717) is 18.2 Å². The molecular formula is C22H29N5O2. The molecule has 1 aromatic carbocycles. The molecule has 0 saturated heterocycles. The van der Waals surface area contributed by atoms with Crippen molar-refractivity contribution in [2.75, 3.05) is 7.05 Å². The van der Waals surface area contributed by atoms with Crippen molar-refractivity contribution >= 4 is 5.91 Å². The van der Waals surface area contributed by atoms with Crippen molar-refractivity contribution in [3.63, 3.8) is 0 Å². The molecule has 0 aliphatic carbocycles. The van der Waals surface area contributed by atoms with Gasteiger partial charge in [0.2, 0.25) is 0 Å². The number of amides is 1. The summed E-state index contributed by atoms with van der Waals surface area (Å²) >= 11 is 0. The molecule has 2 aromatic heterocycles. The van der Waals surface area contributed by atoms with Crippen LogP contribution in [0.2, 0.25) is 0 Å². The summed E-state index contributed by atoms with van der Waals surface area (Å²) in [6.45, 7) is 9.87. The lowest BCUT2D eigenvalue weighted by Gasteiger charge is -2.15. The highest BCUT2D eigenvalue weighted by Crippen LogP contribution is 2.19. The van der Waals surface area contributed by atoms with Crippen molar-refractivity contribution in [1.29, 1.82) is 0 Å². The molecule has 0 aliphatic heterocycles. The quantitative estimate of drug-likeness (QED) is 0.581. The highest BCUT2D eigenvalue weighted by molar-refractivity contribution is 5.91. The molecule has 2 heterocycles. The van der Waals surface area contributed by atoms with E-state index in [2.05, 4.69) is 36.2 Å². The van der Waals surface area contributed by atoms with Crippen molar-refractivity contribution in [2.24, 2.45) is 0 Å². The molecule has 154 valence electrons. The van der Waals surface area contributed by atoms with Gasteiger partial charge in [-0.05, 0) is 43.5 Å². The van der Waals surface area contributed by atoms with Gasteiger partial charge in [0.1, 0.15) is 5.75 Å². The summed E-state index contributed by atoms with van der Waals surface area (Å²) in [5.74, 6) is 1.13. The molecule has 0 radical (unpaired) electrons. The van der Waals surface area contributed by atoms with E-state index in [0.717, 1.165) is 23.6 Å². The van der Waals surface area contributed by atoms with Crippen LogP contribution in [0.5, 0.6) is 5.75 Å². The largest absolute Gasteiger partial charge is 0.471 e. The topological polar surface area (TPSA) is 65.2 Å². The van der Waals surface area contributed by atoms with Gasteiger partial charge in [-0.15, -0.1) is 0 Å². The van der Waals surface area contributed by atoms with E-state index in [-0.39, 0.29) is 12.6 Å². The molecule has 7 nitrogen and oxygen atoms in total. The molecule has 1 amide bonds. The minimum Gasteiger partial charge on any atom is -0.471 e. The van der Waals surface area contributed by atoms with E-state index in [4.69, 9.17) is 4.74 Å². The standard InChI is InChI=1S/C22H29N5O2/c1-6-26-14-19(17(4)23-26)13-25(5)22(28)21-11-12-27(24-21)15-29-20-9-7-18(8-10-20)16(2)3/h7-12,14,16H,6,13,15H2,1-5H3. The molecule has 0 saturated carbocycles. The third-order valence-corrected chi connectivity index (χ3v) is 4.90. The molecular weight excluding hydrogens is 366 g/mol. The summed E-state index contributed by atoms with van der Waals surface area (Å²) in [6, 6.07) is 9.76. The van der Waals surface area contributed by atoms with Gasteiger partial charge in [0.25, 0.3) is 5.91 Å². The smallest absolute Gasteiger partial charge is 0.274 e. The minimum atomic E-state index is -0.131. The first-order valence-corrected chi connectivity index (χ1v) is 9.92. The van der Waals surface area contributed by atoms with Crippen LogP contribution in [0, 0.1) is 6.92 Å².